The summed E-state index contributed by atoms with van der Waals surface area (Å²) in [6, 6.07) is 3.74. The minimum Gasteiger partial charge on any atom is -0.423 e. The van der Waals surface area contributed by atoms with E-state index in [-0.39, 0.29) is 0 Å². The van der Waals surface area contributed by atoms with Crippen molar-refractivity contribution >= 4 is 28.2 Å². The lowest BCUT2D eigenvalue weighted by atomic mass is 9.90. The zero-order valence-corrected chi connectivity index (χ0v) is 8.13. The van der Waals surface area contributed by atoms with Crippen molar-refractivity contribution in [1.29, 1.82) is 0 Å². The molecule has 70 valence electrons. The molecule has 0 spiro atoms. The largest absolute Gasteiger partial charge is 0.499 e. The van der Waals surface area contributed by atoms with Crippen molar-refractivity contribution in [1.82, 2.24) is 0 Å². The van der Waals surface area contributed by atoms with Crippen molar-refractivity contribution in [3.8, 4) is 0 Å². The van der Waals surface area contributed by atoms with Crippen LogP contribution in [0.25, 0.3) is 0 Å². The Bertz CT molecular complexity index is 283. The van der Waals surface area contributed by atoms with Crippen LogP contribution in [0.1, 0.15) is 12.8 Å². The van der Waals surface area contributed by atoms with Crippen LogP contribution in [0.3, 0.4) is 0 Å². The van der Waals surface area contributed by atoms with E-state index in [0.717, 1.165) is 18.1 Å². The average molecular weight is 197 g/mol. The van der Waals surface area contributed by atoms with Gasteiger partial charge in [-0.2, -0.15) is 0 Å². The van der Waals surface area contributed by atoms with Gasteiger partial charge >= 0.3 is 7.12 Å². The molecule has 0 bridgehead atoms. The quantitative estimate of drug-likeness (QED) is 0.657. The predicted octanol–water partition coefficient (Wildman–Crippen LogP) is 0.0281. The van der Waals surface area contributed by atoms with Gasteiger partial charge in [-0.05, 0) is 25.0 Å². The Balaban J connectivity index is 2.12. The summed E-state index contributed by atoms with van der Waals surface area (Å²) >= 11 is 1.46. The van der Waals surface area contributed by atoms with Crippen LogP contribution >= 0.6 is 11.3 Å². The van der Waals surface area contributed by atoms with Crippen molar-refractivity contribution < 1.29 is 10.0 Å². The van der Waals surface area contributed by atoms with E-state index in [0.29, 0.717) is 4.78 Å². The van der Waals surface area contributed by atoms with Gasteiger partial charge in [0.1, 0.15) is 0 Å². The fourth-order valence-electron chi connectivity index (χ4n) is 1.59. The predicted molar refractivity (Wildman–Crippen MR) is 55.6 cm³/mol. The van der Waals surface area contributed by atoms with Crippen molar-refractivity contribution in [2.45, 2.75) is 12.8 Å². The zero-order chi connectivity index (χ0) is 9.26. The SMILES string of the molecule is OB(O)c1ccc(N2CCCC2)s1. The molecule has 1 aromatic heterocycles. The van der Waals surface area contributed by atoms with E-state index in [9.17, 15) is 0 Å². The molecule has 0 amide bonds. The molecule has 0 atom stereocenters. The molecule has 1 aromatic rings. The summed E-state index contributed by atoms with van der Waals surface area (Å²) in [4.78, 5) is 2.29. The minimum atomic E-state index is -1.32. The third-order valence-electron chi connectivity index (χ3n) is 2.28. The molecule has 1 aliphatic rings. The Labute approximate surface area is 81.8 Å². The van der Waals surface area contributed by atoms with Crippen LogP contribution in [0, 0.1) is 0 Å². The summed E-state index contributed by atoms with van der Waals surface area (Å²) in [5.41, 5.74) is 0. The highest BCUT2D eigenvalue weighted by Gasteiger charge is 2.18. The smallest absolute Gasteiger partial charge is 0.423 e. The van der Waals surface area contributed by atoms with Gasteiger partial charge in [-0.25, -0.2) is 0 Å². The Morgan fingerprint density at radius 2 is 1.92 bits per heavy atom. The molecular weight excluding hydrogens is 185 g/mol. The van der Waals surface area contributed by atoms with Gasteiger partial charge < -0.3 is 14.9 Å². The van der Waals surface area contributed by atoms with Crippen molar-refractivity contribution in [2.75, 3.05) is 18.0 Å². The number of thiophene rings is 1. The molecule has 0 aromatic carbocycles. The van der Waals surface area contributed by atoms with Gasteiger partial charge in [0.15, 0.2) is 0 Å². The second-order valence-corrected chi connectivity index (χ2v) is 4.34. The molecule has 2 N–H and O–H groups in total. The molecule has 13 heavy (non-hydrogen) atoms. The van der Waals surface area contributed by atoms with E-state index in [1.54, 1.807) is 6.07 Å². The Kier molecular flexibility index (Phi) is 2.57. The Hall–Kier alpha value is -0.515. The number of rotatable bonds is 2. The third-order valence-corrected chi connectivity index (χ3v) is 3.47. The second kappa shape index (κ2) is 3.70. The Morgan fingerprint density at radius 3 is 2.46 bits per heavy atom. The van der Waals surface area contributed by atoms with Crippen LogP contribution in [0.2, 0.25) is 0 Å². The maximum atomic E-state index is 8.93. The fourth-order valence-corrected chi connectivity index (χ4v) is 2.52. The molecule has 5 heteroatoms. The molecule has 3 nitrogen and oxygen atoms in total. The fraction of sp³-hybridized carbons (Fsp3) is 0.500. The highest BCUT2D eigenvalue weighted by molar-refractivity contribution is 7.25. The standard InChI is InChI=1S/C8H12BNO2S/c11-9(12)7-3-4-8(13-7)10-5-1-2-6-10/h3-4,11-12H,1-2,5-6H2. The normalized spacial score (nSPS) is 16.6. The van der Waals surface area contributed by atoms with Gasteiger partial charge in [0.2, 0.25) is 0 Å². The van der Waals surface area contributed by atoms with Gasteiger partial charge in [0.05, 0.1) is 5.00 Å². The summed E-state index contributed by atoms with van der Waals surface area (Å²) in [7, 11) is -1.32. The first-order valence-corrected chi connectivity index (χ1v) is 5.30. The minimum absolute atomic E-state index is 0.627. The molecule has 1 saturated heterocycles. The summed E-state index contributed by atoms with van der Waals surface area (Å²) in [5.74, 6) is 0. The zero-order valence-electron chi connectivity index (χ0n) is 7.31. The molecule has 2 heterocycles. The first-order chi connectivity index (χ1) is 6.27. The van der Waals surface area contributed by atoms with Crippen LogP contribution in [0.15, 0.2) is 12.1 Å². The maximum absolute atomic E-state index is 8.93. The van der Waals surface area contributed by atoms with Gasteiger partial charge in [0, 0.05) is 17.9 Å². The monoisotopic (exact) mass is 197 g/mol. The number of anilines is 1. The molecule has 0 aliphatic carbocycles. The summed E-state index contributed by atoms with van der Waals surface area (Å²) in [6.07, 6.45) is 2.49. The molecule has 2 rings (SSSR count). The molecule has 1 fully saturated rings. The third kappa shape index (κ3) is 1.87. The molecular formula is C8H12BNO2S. The van der Waals surface area contributed by atoms with Crippen molar-refractivity contribution in [3.05, 3.63) is 12.1 Å². The highest BCUT2D eigenvalue weighted by atomic mass is 32.1. The number of hydrogen-bond acceptors (Lipinski definition) is 4. The molecule has 1 aliphatic heterocycles. The topological polar surface area (TPSA) is 43.7 Å². The summed E-state index contributed by atoms with van der Waals surface area (Å²) in [5, 5.41) is 19.0. The van der Waals surface area contributed by atoms with Crippen LogP contribution in [0.5, 0.6) is 0 Å². The van der Waals surface area contributed by atoms with E-state index in [1.165, 1.54) is 24.2 Å². The van der Waals surface area contributed by atoms with E-state index < -0.39 is 7.12 Å². The molecule has 0 radical (unpaired) electrons. The lowest BCUT2D eigenvalue weighted by molar-refractivity contribution is 0.427. The molecule has 0 saturated carbocycles. The van der Waals surface area contributed by atoms with Crippen LogP contribution in [0.4, 0.5) is 5.00 Å². The van der Waals surface area contributed by atoms with E-state index in [4.69, 9.17) is 10.0 Å². The highest BCUT2D eigenvalue weighted by Crippen LogP contribution is 2.23. The van der Waals surface area contributed by atoms with Gasteiger partial charge in [-0.3, -0.25) is 0 Å². The molecule has 0 unspecified atom stereocenters. The first kappa shape index (κ1) is 9.06. The first-order valence-electron chi connectivity index (χ1n) is 4.48. The lowest BCUT2D eigenvalue weighted by Gasteiger charge is -2.13. The van der Waals surface area contributed by atoms with Crippen molar-refractivity contribution in [3.63, 3.8) is 0 Å². The van der Waals surface area contributed by atoms with Crippen LogP contribution in [-0.4, -0.2) is 30.3 Å². The van der Waals surface area contributed by atoms with Crippen LogP contribution < -0.4 is 9.68 Å². The maximum Gasteiger partial charge on any atom is 0.499 e. The number of nitrogens with zero attached hydrogens (tertiary/aromatic N) is 1. The lowest BCUT2D eigenvalue weighted by Crippen LogP contribution is -2.26. The van der Waals surface area contributed by atoms with E-state index in [1.807, 2.05) is 6.07 Å². The van der Waals surface area contributed by atoms with Gasteiger partial charge in [-0.1, -0.05) is 0 Å². The van der Waals surface area contributed by atoms with Crippen LogP contribution in [-0.2, 0) is 0 Å². The Morgan fingerprint density at radius 1 is 1.23 bits per heavy atom. The van der Waals surface area contributed by atoms with Gasteiger partial charge in [0.25, 0.3) is 0 Å². The average Bonchev–Trinajstić information content (AvgIpc) is 2.75. The number of hydrogen-bond donors (Lipinski definition) is 2. The van der Waals surface area contributed by atoms with Crippen molar-refractivity contribution in [2.24, 2.45) is 0 Å². The van der Waals surface area contributed by atoms with E-state index >= 15 is 0 Å². The second-order valence-electron chi connectivity index (χ2n) is 3.24. The summed E-state index contributed by atoms with van der Waals surface area (Å²) in [6.45, 7) is 2.20. The van der Waals surface area contributed by atoms with Gasteiger partial charge in [-0.15, -0.1) is 11.3 Å². The summed E-state index contributed by atoms with van der Waals surface area (Å²) < 4.78 is 0.627. The van der Waals surface area contributed by atoms with E-state index in [2.05, 4.69) is 4.90 Å².